The van der Waals surface area contributed by atoms with Gasteiger partial charge in [-0.2, -0.15) is 0 Å². The molecule has 0 spiro atoms. The van der Waals surface area contributed by atoms with Gasteiger partial charge in [0.1, 0.15) is 11.5 Å². The van der Waals surface area contributed by atoms with Gasteiger partial charge in [0.05, 0.1) is 12.0 Å². The van der Waals surface area contributed by atoms with Crippen LogP contribution in [0.5, 0.6) is 11.5 Å². The molecule has 0 bridgehead atoms. The van der Waals surface area contributed by atoms with Gasteiger partial charge >= 0.3 is 0 Å². The molecule has 0 aliphatic rings. The van der Waals surface area contributed by atoms with Gasteiger partial charge in [0.25, 0.3) is 5.91 Å². The van der Waals surface area contributed by atoms with Gasteiger partial charge in [0, 0.05) is 19.3 Å². The molecule has 0 fully saturated rings. The number of anilines is 1. The van der Waals surface area contributed by atoms with Gasteiger partial charge in [0.15, 0.2) is 6.61 Å². The number of hydrogen-bond donors (Lipinski definition) is 1. The van der Waals surface area contributed by atoms with E-state index in [-0.39, 0.29) is 23.3 Å². The number of carbonyl (C=O) groups excluding carboxylic acids is 1. The van der Waals surface area contributed by atoms with Crippen LogP contribution >= 0.6 is 0 Å². The summed E-state index contributed by atoms with van der Waals surface area (Å²) in [4.78, 5) is 13.9. The lowest BCUT2D eigenvalue weighted by Gasteiger charge is -2.18. The molecule has 0 atom stereocenters. The van der Waals surface area contributed by atoms with E-state index in [2.05, 4.69) is 4.72 Å². The number of nitrogens with one attached hydrogen (secondary N) is 1. The maximum absolute atomic E-state index is 12.3. The normalized spacial score (nSPS) is 11.3. The number of benzene rings is 2. The van der Waals surface area contributed by atoms with Crippen LogP contribution in [0.2, 0.25) is 0 Å². The molecule has 8 heteroatoms. The van der Waals surface area contributed by atoms with Crippen molar-refractivity contribution < 1.29 is 22.7 Å². The Balaban J connectivity index is 1.94. The standard InChI is InChI=1S/C20H26N2O5S/c1-15(2)13-21-28(24,25)19-11-9-18(10-12-19)27-14-20(23)22(3)16-5-7-17(26-4)8-6-16/h5-12,15,21H,13-14H2,1-4H3. The van der Waals surface area contributed by atoms with Crippen molar-refractivity contribution in [3.63, 3.8) is 0 Å². The molecule has 0 aliphatic carbocycles. The number of hydrogen-bond acceptors (Lipinski definition) is 5. The monoisotopic (exact) mass is 406 g/mol. The molecule has 0 saturated carbocycles. The predicted molar refractivity (Wildman–Crippen MR) is 108 cm³/mol. The molecule has 0 saturated heterocycles. The highest BCUT2D eigenvalue weighted by Gasteiger charge is 2.15. The highest BCUT2D eigenvalue weighted by atomic mass is 32.2. The lowest BCUT2D eigenvalue weighted by atomic mass is 10.2. The van der Waals surface area contributed by atoms with Gasteiger partial charge in [-0.3, -0.25) is 4.79 Å². The van der Waals surface area contributed by atoms with Crippen molar-refractivity contribution in [1.29, 1.82) is 0 Å². The summed E-state index contributed by atoms with van der Waals surface area (Å²) in [6, 6.07) is 13.1. The Labute approximate surface area is 166 Å². The molecule has 0 unspecified atom stereocenters. The summed E-state index contributed by atoms with van der Waals surface area (Å²) in [5, 5.41) is 0. The third-order valence-electron chi connectivity index (χ3n) is 4.01. The van der Waals surface area contributed by atoms with E-state index in [4.69, 9.17) is 9.47 Å². The van der Waals surface area contributed by atoms with E-state index < -0.39 is 10.0 Å². The van der Waals surface area contributed by atoms with Crippen molar-refractivity contribution in [3.05, 3.63) is 48.5 Å². The first-order valence-corrected chi connectivity index (χ1v) is 10.3. The molecule has 2 rings (SSSR count). The second kappa shape index (κ2) is 9.57. The Morgan fingerprint density at radius 1 is 1.04 bits per heavy atom. The molecule has 28 heavy (non-hydrogen) atoms. The molecule has 0 aliphatic heterocycles. The highest BCUT2D eigenvalue weighted by Crippen LogP contribution is 2.19. The lowest BCUT2D eigenvalue weighted by Crippen LogP contribution is -2.31. The van der Waals surface area contributed by atoms with Crippen LogP contribution < -0.4 is 19.1 Å². The molecular weight excluding hydrogens is 380 g/mol. The Morgan fingerprint density at radius 2 is 1.61 bits per heavy atom. The van der Waals surface area contributed by atoms with Crippen LogP contribution in [-0.2, 0) is 14.8 Å². The van der Waals surface area contributed by atoms with E-state index in [9.17, 15) is 13.2 Å². The average Bonchev–Trinajstić information content (AvgIpc) is 2.70. The van der Waals surface area contributed by atoms with Crippen molar-refractivity contribution in [2.45, 2.75) is 18.7 Å². The number of likely N-dealkylation sites (N-methyl/N-ethyl adjacent to an activating group) is 1. The fourth-order valence-electron chi connectivity index (χ4n) is 2.27. The largest absolute Gasteiger partial charge is 0.497 e. The summed E-state index contributed by atoms with van der Waals surface area (Å²) in [7, 11) is -0.315. The minimum atomic E-state index is -3.55. The first-order valence-electron chi connectivity index (χ1n) is 8.86. The molecule has 0 aromatic heterocycles. The third kappa shape index (κ3) is 5.97. The van der Waals surface area contributed by atoms with Gasteiger partial charge in [-0.05, 0) is 54.4 Å². The molecule has 0 heterocycles. The number of ether oxygens (including phenoxy) is 2. The van der Waals surface area contributed by atoms with E-state index >= 15 is 0 Å². The van der Waals surface area contributed by atoms with Gasteiger partial charge < -0.3 is 14.4 Å². The molecule has 1 N–H and O–H groups in total. The molecule has 1 amide bonds. The Morgan fingerprint density at radius 3 is 2.14 bits per heavy atom. The predicted octanol–water partition coefficient (Wildman–Crippen LogP) is 2.67. The summed E-state index contributed by atoms with van der Waals surface area (Å²) >= 11 is 0. The second-order valence-corrected chi connectivity index (χ2v) is 8.42. The van der Waals surface area contributed by atoms with Crippen LogP contribution in [0.3, 0.4) is 0 Å². The second-order valence-electron chi connectivity index (χ2n) is 6.66. The highest BCUT2D eigenvalue weighted by molar-refractivity contribution is 7.89. The zero-order valence-electron chi connectivity index (χ0n) is 16.5. The van der Waals surface area contributed by atoms with E-state index in [0.717, 1.165) is 0 Å². The van der Waals surface area contributed by atoms with Crippen LogP contribution in [0.15, 0.2) is 53.4 Å². The maximum Gasteiger partial charge on any atom is 0.264 e. The molecular formula is C20H26N2O5S. The summed E-state index contributed by atoms with van der Waals surface area (Å²) in [5.74, 6) is 1.10. The summed E-state index contributed by atoms with van der Waals surface area (Å²) in [6.07, 6.45) is 0. The smallest absolute Gasteiger partial charge is 0.264 e. The molecule has 0 radical (unpaired) electrons. The first kappa shape index (κ1) is 21.7. The number of rotatable bonds is 9. The van der Waals surface area contributed by atoms with Crippen molar-refractivity contribution in [2.24, 2.45) is 5.92 Å². The van der Waals surface area contributed by atoms with Crippen molar-refractivity contribution in [1.82, 2.24) is 4.72 Å². The molecule has 2 aromatic rings. The minimum absolute atomic E-state index is 0.155. The number of nitrogens with zero attached hydrogens (tertiary/aromatic N) is 1. The third-order valence-corrected chi connectivity index (χ3v) is 5.45. The summed E-state index contributed by atoms with van der Waals surface area (Å²) in [5.41, 5.74) is 0.715. The van der Waals surface area contributed by atoms with Crippen molar-refractivity contribution in [3.8, 4) is 11.5 Å². The fourth-order valence-corrected chi connectivity index (χ4v) is 3.48. The Bertz CT molecular complexity index is 878. The Hall–Kier alpha value is -2.58. The van der Waals surface area contributed by atoms with Gasteiger partial charge in [-0.15, -0.1) is 0 Å². The van der Waals surface area contributed by atoms with Crippen LogP contribution in [-0.4, -0.2) is 41.6 Å². The lowest BCUT2D eigenvalue weighted by molar-refractivity contribution is -0.120. The van der Waals surface area contributed by atoms with Gasteiger partial charge in [-0.25, -0.2) is 13.1 Å². The van der Waals surface area contributed by atoms with Gasteiger partial charge in [-0.1, -0.05) is 13.8 Å². The van der Waals surface area contributed by atoms with Crippen LogP contribution in [0.25, 0.3) is 0 Å². The van der Waals surface area contributed by atoms with Gasteiger partial charge in [0.2, 0.25) is 10.0 Å². The fraction of sp³-hybridized carbons (Fsp3) is 0.350. The van der Waals surface area contributed by atoms with E-state index in [1.54, 1.807) is 38.4 Å². The molecule has 152 valence electrons. The summed E-state index contributed by atoms with van der Waals surface area (Å²) in [6.45, 7) is 4.06. The van der Waals surface area contributed by atoms with Crippen LogP contribution in [0, 0.1) is 5.92 Å². The van der Waals surface area contributed by atoms with Crippen LogP contribution in [0.1, 0.15) is 13.8 Å². The zero-order valence-corrected chi connectivity index (χ0v) is 17.3. The number of carbonyl (C=O) groups is 1. The van der Waals surface area contributed by atoms with E-state index in [0.29, 0.717) is 23.7 Å². The first-order chi connectivity index (χ1) is 13.2. The van der Waals surface area contributed by atoms with Crippen molar-refractivity contribution >= 4 is 21.6 Å². The molecule has 7 nitrogen and oxygen atoms in total. The average molecular weight is 407 g/mol. The number of methoxy groups -OCH3 is 1. The number of sulfonamides is 1. The van der Waals surface area contributed by atoms with E-state index in [1.165, 1.54) is 29.2 Å². The Kier molecular flexibility index (Phi) is 7.42. The topological polar surface area (TPSA) is 84.9 Å². The summed E-state index contributed by atoms with van der Waals surface area (Å²) < 4.78 is 37.5. The quantitative estimate of drug-likeness (QED) is 0.692. The minimum Gasteiger partial charge on any atom is -0.497 e. The maximum atomic E-state index is 12.3. The SMILES string of the molecule is COc1ccc(N(C)C(=O)COc2ccc(S(=O)(=O)NCC(C)C)cc2)cc1. The number of amides is 1. The van der Waals surface area contributed by atoms with Crippen molar-refractivity contribution in [2.75, 3.05) is 32.2 Å². The van der Waals surface area contributed by atoms with Crippen LogP contribution in [0.4, 0.5) is 5.69 Å². The molecule has 2 aromatic carbocycles. The van der Waals surface area contributed by atoms with E-state index in [1.807, 2.05) is 13.8 Å². The zero-order chi connectivity index (χ0) is 20.7.